The normalized spacial score (nSPS) is 12.1. The Balaban J connectivity index is 2.20. The molecule has 0 amide bonds. The van der Waals surface area contributed by atoms with Crippen LogP contribution in [0.25, 0.3) is 0 Å². The lowest BCUT2D eigenvalue weighted by atomic mass is 10.1. The van der Waals surface area contributed by atoms with Crippen molar-refractivity contribution in [3.63, 3.8) is 0 Å². The molecule has 0 saturated heterocycles. The van der Waals surface area contributed by atoms with Gasteiger partial charge in [0.05, 0.1) is 19.8 Å². The topological polar surface area (TPSA) is 58.9 Å². The van der Waals surface area contributed by atoms with Gasteiger partial charge in [0.25, 0.3) is 0 Å². The Kier molecular flexibility index (Phi) is 5.55. The molecular formula is C16H18O4. The van der Waals surface area contributed by atoms with Crippen molar-refractivity contribution in [3.8, 4) is 11.5 Å². The highest BCUT2D eigenvalue weighted by Gasteiger charge is 2.16. The molecule has 0 aliphatic heterocycles. The van der Waals surface area contributed by atoms with E-state index in [9.17, 15) is 5.11 Å². The van der Waals surface area contributed by atoms with Crippen molar-refractivity contribution in [2.75, 3.05) is 19.8 Å². The van der Waals surface area contributed by atoms with Gasteiger partial charge in [0.15, 0.2) is 0 Å². The fourth-order valence-corrected chi connectivity index (χ4v) is 1.89. The molecular weight excluding hydrogens is 256 g/mol. The van der Waals surface area contributed by atoms with Gasteiger partial charge in [-0.2, -0.15) is 0 Å². The zero-order valence-corrected chi connectivity index (χ0v) is 11.1. The smallest absolute Gasteiger partial charge is 0.133 e. The minimum Gasteiger partial charge on any atom is -0.457 e. The largest absolute Gasteiger partial charge is 0.457 e. The molecule has 4 heteroatoms. The molecule has 106 valence electrons. The highest BCUT2D eigenvalue weighted by atomic mass is 16.5. The number of ether oxygens (including phenoxy) is 2. The molecule has 0 spiro atoms. The van der Waals surface area contributed by atoms with Crippen LogP contribution in [0.5, 0.6) is 11.5 Å². The molecule has 2 aromatic rings. The second kappa shape index (κ2) is 7.65. The number of para-hydroxylation sites is 2. The van der Waals surface area contributed by atoms with Gasteiger partial charge in [0.1, 0.15) is 17.6 Å². The molecule has 0 aliphatic carbocycles. The van der Waals surface area contributed by atoms with E-state index in [0.717, 1.165) is 11.3 Å². The van der Waals surface area contributed by atoms with E-state index >= 15 is 0 Å². The molecule has 0 aromatic heterocycles. The predicted octanol–water partition coefficient (Wildman–Crippen LogP) is 2.52. The lowest BCUT2D eigenvalue weighted by Gasteiger charge is -2.18. The van der Waals surface area contributed by atoms with E-state index in [2.05, 4.69) is 0 Å². The maximum atomic E-state index is 9.43. The second-order valence-corrected chi connectivity index (χ2v) is 4.22. The average Bonchev–Trinajstić information content (AvgIpc) is 2.50. The third kappa shape index (κ3) is 3.81. The Hall–Kier alpha value is -1.88. The van der Waals surface area contributed by atoms with Crippen LogP contribution in [0, 0.1) is 0 Å². The van der Waals surface area contributed by atoms with E-state index in [1.165, 1.54) is 0 Å². The molecule has 1 atom stereocenters. The summed E-state index contributed by atoms with van der Waals surface area (Å²) >= 11 is 0. The van der Waals surface area contributed by atoms with E-state index in [0.29, 0.717) is 5.75 Å². The third-order valence-corrected chi connectivity index (χ3v) is 2.81. The van der Waals surface area contributed by atoms with Crippen LogP contribution in [0.2, 0.25) is 0 Å². The van der Waals surface area contributed by atoms with Gasteiger partial charge < -0.3 is 19.7 Å². The van der Waals surface area contributed by atoms with Crippen LogP contribution in [-0.4, -0.2) is 30.0 Å². The minimum atomic E-state index is -0.512. The van der Waals surface area contributed by atoms with Gasteiger partial charge in [0, 0.05) is 5.56 Å². The van der Waals surface area contributed by atoms with E-state index in [4.69, 9.17) is 14.6 Å². The summed E-state index contributed by atoms with van der Waals surface area (Å²) in [6.07, 6.45) is -0.512. The van der Waals surface area contributed by atoms with Gasteiger partial charge in [-0.3, -0.25) is 0 Å². The molecule has 0 bridgehead atoms. The van der Waals surface area contributed by atoms with E-state index in [1.54, 1.807) is 0 Å². The zero-order valence-electron chi connectivity index (χ0n) is 11.1. The highest BCUT2D eigenvalue weighted by molar-refractivity contribution is 5.39. The lowest BCUT2D eigenvalue weighted by molar-refractivity contribution is -0.00565. The third-order valence-electron chi connectivity index (χ3n) is 2.81. The monoisotopic (exact) mass is 274 g/mol. The maximum Gasteiger partial charge on any atom is 0.133 e. The Morgan fingerprint density at radius 3 is 2.30 bits per heavy atom. The SMILES string of the molecule is OCCOC(CO)c1ccccc1Oc1ccccc1. The summed E-state index contributed by atoms with van der Waals surface area (Å²) in [5, 5.41) is 18.3. The van der Waals surface area contributed by atoms with Crippen LogP contribution in [-0.2, 0) is 4.74 Å². The molecule has 2 N–H and O–H groups in total. The van der Waals surface area contributed by atoms with Crippen molar-refractivity contribution < 1.29 is 19.7 Å². The quantitative estimate of drug-likeness (QED) is 0.814. The summed E-state index contributed by atoms with van der Waals surface area (Å²) in [4.78, 5) is 0. The Bertz CT molecular complexity index is 513. The van der Waals surface area contributed by atoms with Crippen molar-refractivity contribution in [1.82, 2.24) is 0 Å². The summed E-state index contributed by atoms with van der Waals surface area (Å²) in [7, 11) is 0. The number of benzene rings is 2. The Morgan fingerprint density at radius 1 is 0.900 bits per heavy atom. The summed E-state index contributed by atoms with van der Waals surface area (Å²) in [5.74, 6) is 1.36. The molecule has 0 aliphatic rings. The van der Waals surface area contributed by atoms with Crippen molar-refractivity contribution in [2.24, 2.45) is 0 Å². The maximum absolute atomic E-state index is 9.43. The molecule has 0 fully saturated rings. The fraction of sp³-hybridized carbons (Fsp3) is 0.250. The molecule has 20 heavy (non-hydrogen) atoms. The number of hydrogen-bond acceptors (Lipinski definition) is 4. The average molecular weight is 274 g/mol. The van der Waals surface area contributed by atoms with E-state index in [1.807, 2.05) is 54.6 Å². The van der Waals surface area contributed by atoms with Crippen molar-refractivity contribution in [3.05, 3.63) is 60.2 Å². The lowest BCUT2D eigenvalue weighted by Crippen LogP contribution is -2.12. The second-order valence-electron chi connectivity index (χ2n) is 4.22. The first kappa shape index (κ1) is 14.5. The first-order chi connectivity index (χ1) is 9.85. The van der Waals surface area contributed by atoms with Gasteiger partial charge in [-0.25, -0.2) is 0 Å². The standard InChI is InChI=1S/C16H18O4/c17-10-11-19-16(12-18)14-8-4-5-9-15(14)20-13-6-2-1-3-7-13/h1-9,16-18H,10-12H2. The Labute approximate surface area is 118 Å². The highest BCUT2D eigenvalue weighted by Crippen LogP contribution is 2.31. The Morgan fingerprint density at radius 2 is 1.60 bits per heavy atom. The minimum absolute atomic E-state index is 0.0851. The first-order valence-electron chi connectivity index (χ1n) is 6.50. The molecule has 4 nitrogen and oxygen atoms in total. The number of aliphatic hydroxyl groups is 2. The van der Waals surface area contributed by atoms with E-state index < -0.39 is 6.10 Å². The van der Waals surface area contributed by atoms with Crippen LogP contribution in [0.3, 0.4) is 0 Å². The van der Waals surface area contributed by atoms with E-state index in [-0.39, 0.29) is 19.8 Å². The van der Waals surface area contributed by atoms with Crippen molar-refractivity contribution in [1.29, 1.82) is 0 Å². The van der Waals surface area contributed by atoms with Crippen LogP contribution >= 0.6 is 0 Å². The number of aliphatic hydroxyl groups excluding tert-OH is 2. The fourth-order valence-electron chi connectivity index (χ4n) is 1.89. The molecule has 0 saturated carbocycles. The summed E-state index contributed by atoms with van der Waals surface area (Å²) in [6, 6.07) is 16.8. The first-order valence-corrected chi connectivity index (χ1v) is 6.50. The number of rotatable bonds is 7. The molecule has 1 unspecified atom stereocenters. The van der Waals surface area contributed by atoms with Gasteiger partial charge in [-0.15, -0.1) is 0 Å². The molecule has 0 radical (unpaired) electrons. The van der Waals surface area contributed by atoms with Crippen LogP contribution < -0.4 is 4.74 Å². The van der Waals surface area contributed by atoms with Gasteiger partial charge in [0.2, 0.25) is 0 Å². The van der Waals surface area contributed by atoms with Crippen molar-refractivity contribution in [2.45, 2.75) is 6.10 Å². The predicted molar refractivity (Wildman–Crippen MR) is 75.8 cm³/mol. The summed E-state index contributed by atoms with van der Waals surface area (Å²) < 4.78 is 11.2. The van der Waals surface area contributed by atoms with Crippen molar-refractivity contribution >= 4 is 0 Å². The van der Waals surface area contributed by atoms with Crippen LogP contribution in [0.1, 0.15) is 11.7 Å². The molecule has 2 aromatic carbocycles. The van der Waals surface area contributed by atoms with Gasteiger partial charge in [-0.05, 0) is 18.2 Å². The van der Waals surface area contributed by atoms with Gasteiger partial charge >= 0.3 is 0 Å². The zero-order chi connectivity index (χ0) is 14.2. The van der Waals surface area contributed by atoms with Gasteiger partial charge in [-0.1, -0.05) is 36.4 Å². The molecule has 2 rings (SSSR count). The summed E-state index contributed by atoms with van der Waals surface area (Å²) in [5.41, 5.74) is 0.757. The summed E-state index contributed by atoms with van der Waals surface area (Å²) in [6.45, 7) is -0.0850. The number of hydrogen-bond donors (Lipinski definition) is 2. The van der Waals surface area contributed by atoms with Crippen LogP contribution in [0.4, 0.5) is 0 Å². The molecule has 0 heterocycles. The van der Waals surface area contributed by atoms with Crippen LogP contribution in [0.15, 0.2) is 54.6 Å².